The lowest BCUT2D eigenvalue weighted by Gasteiger charge is -2.20. The van der Waals surface area contributed by atoms with E-state index in [0.29, 0.717) is 43.1 Å². The van der Waals surface area contributed by atoms with Crippen LogP contribution in [0.15, 0.2) is 47.4 Å². The SMILES string of the molecule is CCN(CC)S(=O)(=O)c1ccc2c(c1)CCN2C(=O)c1nnn(-c2cccc([N+](=O)[O-])c2)c1C. The van der Waals surface area contributed by atoms with Gasteiger partial charge in [-0.2, -0.15) is 4.31 Å². The first-order valence-corrected chi connectivity index (χ1v) is 12.2. The van der Waals surface area contributed by atoms with Crippen molar-refractivity contribution in [3.8, 4) is 5.69 Å². The number of carbonyl (C=O) groups is 1. The van der Waals surface area contributed by atoms with Gasteiger partial charge in [-0.25, -0.2) is 13.1 Å². The molecule has 178 valence electrons. The zero-order valence-electron chi connectivity index (χ0n) is 19.0. The van der Waals surface area contributed by atoms with Gasteiger partial charge in [0.2, 0.25) is 10.0 Å². The smallest absolute Gasteiger partial charge is 0.280 e. The summed E-state index contributed by atoms with van der Waals surface area (Å²) >= 11 is 0. The highest BCUT2D eigenvalue weighted by atomic mass is 32.2. The topological polar surface area (TPSA) is 132 Å². The van der Waals surface area contributed by atoms with E-state index in [9.17, 15) is 23.3 Å². The highest BCUT2D eigenvalue weighted by Crippen LogP contribution is 2.32. The van der Waals surface area contributed by atoms with Crippen molar-refractivity contribution in [1.29, 1.82) is 0 Å². The number of rotatable bonds is 7. The summed E-state index contributed by atoms with van der Waals surface area (Å²) in [5.41, 5.74) is 2.30. The third kappa shape index (κ3) is 3.94. The summed E-state index contributed by atoms with van der Waals surface area (Å²) in [6.07, 6.45) is 0.515. The van der Waals surface area contributed by atoms with Gasteiger partial charge >= 0.3 is 0 Å². The van der Waals surface area contributed by atoms with E-state index in [4.69, 9.17) is 0 Å². The molecule has 1 amide bonds. The third-order valence-corrected chi connectivity index (χ3v) is 7.96. The van der Waals surface area contributed by atoms with Gasteiger partial charge in [-0.15, -0.1) is 5.10 Å². The Labute approximate surface area is 196 Å². The number of nitrogens with zero attached hydrogens (tertiary/aromatic N) is 6. The number of hydrogen-bond donors (Lipinski definition) is 0. The van der Waals surface area contributed by atoms with Crippen molar-refractivity contribution >= 4 is 27.3 Å². The Bertz CT molecular complexity index is 1380. The fraction of sp³-hybridized carbons (Fsp3) is 0.318. The van der Waals surface area contributed by atoms with E-state index in [1.165, 1.54) is 33.3 Å². The number of amides is 1. The van der Waals surface area contributed by atoms with Crippen molar-refractivity contribution in [1.82, 2.24) is 19.3 Å². The predicted molar refractivity (Wildman–Crippen MR) is 125 cm³/mol. The maximum Gasteiger partial charge on any atom is 0.280 e. The van der Waals surface area contributed by atoms with E-state index >= 15 is 0 Å². The molecule has 0 atom stereocenters. The monoisotopic (exact) mass is 484 g/mol. The van der Waals surface area contributed by atoms with Crippen LogP contribution in [-0.4, -0.2) is 58.2 Å². The number of sulfonamides is 1. The van der Waals surface area contributed by atoms with Crippen LogP contribution in [0.5, 0.6) is 0 Å². The molecule has 34 heavy (non-hydrogen) atoms. The van der Waals surface area contributed by atoms with Crippen LogP contribution in [-0.2, 0) is 16.4 Å². The second kappa shape index (κ2) is 8.95. The van der Waals surface area contributed by atoms with E-state index in [0.717, 1.165) is 5.56 Å². The quantitative estimate of drug-likeness (QED) is 0.372. The molecule has 0 unspecified atom stereocenters. The average molecular weight is 485 g/mol. The summed E-state index contributed by atoms with van der Waals surface area (Å²) < 4.78 is 28.5. The molecule has 1 aliphatic rings. The molecule has 0 N–H and O–H groups in total. The highest BCUT2D eigenvalue weighted by molar-refractivity contribution is 7.89. The van der Waals surface area contributed by atoms with E-state index in [-0.39, 0.29) is 22.2 Å². The van der Waals surface area contributed by atoms with Crippen LogP contribution in [0.25, 0.3) is 5.69 Å². The molecule has 3 aromatic rings. The lowest BCUT2D eigenvalue weighted by Crippen LogP contribution is -2.31. The fourth-order valence-corrected chi connectivity index (χ4v) is 5.61. The van der Waals surface area contributed by atoms with Crippen molar-refractivity contribution in [2.75, 3.05) is 24.5 Å². The summed E-state index contributed by atoms with van der Waals surface area (Å²) in [5.74, 6) is -0.368. The molecule has 2 heterocycles. The first-order valence-electron chi connectivity index (χ1n) is 10.8. The highest BCUT2D eigenvalue weighted by Gasteiger charge is 2.31. The molecule has 1 aromatic heterocycles. The summed E-state index contributed by atoms with van der Waals surface area (Å²) in [6.45, 7) is 6.38. The molecule has 0 bridgehead atoms. The standard InChI is InChI=1S/C22H24N6O5S/c1-4-25(5-2)34(32,33)19-9-10-20-16(13-19)11-12-26(20)22(29)21-15(3)27(24-23-21)17-7-6-8-18(14-17)28(30)31/h6-10,13-14H,4-5,11-12H2,1-3H3. The maximum absolute atomic E-state index is 13.3. The Balaban J connectivity index is 1.64. The van der Waals surface area contributed by atoms with Crippen LogP contribution in [0.3, 0.4) is 0 Å². The number of carbonyl (C=O) groups excluding carboxylic acids is 1. The molecule has 2 aromatic carbocycles. The second-order valence-electron chi connectivity index (χ2n) is 7.80. The number of fused-ring (bicyclic) bond motifs is 1. The summed E-state index contributed by atoms with van der Waals surface area (Å²) in [6, 6.07) is 10.7. The molecule has 0 radical (unpaired) electrons. The van der Waals surface area contributed by atoms with Crippen LogP contribution in [0.1, 0.15) is 35.6 Å². The zero-order valence-corrected chi connectivity index (χ0v) is 19.8. The summed E-state index contributed by atoms with van der Waals surface area (Å²) in [7, 11) is -3.60. The van der Waals surface area contributed by atoms with E-state index in [1.54, 1.807) is 43.9 Å². The Hall–Kier alpha value is -3.64. The first kappa shape index (κ1) is 23.5. The van der Waals surface area contributed by atoms with Crippen LogP contribution >= 0.6 is 0 Å². The van der Waals surface area contributed by atoms with Crippen LogP contribution in [0, 0.1) is 17.0 Å². The number of aromatic nitrogens is 3. The lowest BCUT2D eigenvalue weighted by atomic mass is 10.2. The molecule has 0 spiro atoms. The fourth-order valence-electron chi connectivity index (χ4n) is 4.10. The first-order chi connectivity index (χ1) is 16.2. The van der Waals surface area contributed by atoms with Gasteiger partial charge in [-0.05, 0) is 43.2 Å². The minimum absolute atomic E-state index is 0.0933. The Morgan fingerprint density at radius 2 is 1.91 bits per heavy atom. The number of nitro groups is 1. The van der Waals surface area contributed by atoms with Crippen molar-refractivity contribution < 1.29 is 18.1 Å². The van der Waals surface area contributed by atoms with Crippen LogP contribution in [0.4, 0.5) is 11.4 Å². The molecule has 12 heteroatoms. The van der Waals surface area contributed by atoms with Gasteiger partial charge in [0.05, 0.1) is 21.2 Å². The van der Waals surface area contributed by atoms with E-state index in [2.05, 4.69) is 10.3 Å². The van der Waals surface area contributed by atoms with Crippen LogP contribution < -0.4 is 4.90 Å². The van der Waals surface area contributed by atoms with Crippen molar-refractivity contribution in [2.45, 2.75) is 32.1 Å². The van der Waals surface area contributed by atoms with Crippen LogP contribution in [0.2, 0.25) is 0 Å². The number of anilines is 1. The van der Waals surface area contributed by atoms with Crippen molar-refractivity contribution in [2.24, 2.45) is 0 Å². The molecular weight excluding hydrogens is 460 g/mol. The molecule has 4 rings (SSSR count). The van der Waals surface area contributed by atoms with Crippen molar-refractivity contribution in [3.05, 3.63) is 69.5 Å². The van der Waals surface area contributed by atoms with Gasteiger partial charge in [0.25, 0.3) is 11.6 Å². The van der Waals surface area contributed by atoms with Gasteiger partial charge in [0.1, 0.15) is 0 Å². The van der Waals surface area contributed by atoms with E-state index < -0.39 is 14.9 Å². The molecule has 0 saturated heterocycles. The van der Waals surface area contributed by atoms with Crippen molar-refractivity contribution in [3.63, 3.8) is 0 Å². The predicted octanol–water partition coefficient (Wildman–Crippen LogP) is 2.72. The average Bonchev–Trinajstić information content (AvgIpc) is 3.42. The largest absolute Gasteiger partial charge is 0.306 e. The van der Waals surface area contributed by atoms with Gasteiger partial charge in [-0.3, -0.25) is 14.9 Å². The molecule has 0 aliphatic carbocycles. The Morgan fingerprint density at radius 3 is 2.59 bits per heavy atom. The number of benzene rings is 2. The van der Waals surface area contributed by atoms with Gasteiger partial charge in [-0.1, -0.05) is 25.1 Å². The Kier molecular flexibility index (Phi) is 6.19. The molecule has 11 nitrogen and oxygen atoms in total. The second-order valence-corrected chi connectivity index (χ2v) is 9.74. The third-order valence-electron chi connectivity index (χ3n) is 5.92. The lowest BCUT2D eigenvalue weighted by molar-refractivity contribution is -0.384. The number of hydrogen-bond acceptors (Lipinski definition) is 7. The molecule has 0 saturated carbocycles. The Morgan fingerprint density at radius 1 is 1.18 bits per heavy atom. The number of non-ortho nitro benzene ring substituents is 1. The minimum Gasteiger partial charge on any atom is -0.306 e. The zero-order chi connectivity index (χ0) is 24.6. The number of nitro benzene ring substituents is 1. The summed E-state index contributed by atoms with van der Waals surface area (Å²) in [4.78, 5) is 25.7. The summed E-state index contributed by atoms with van der Waals surface area (Å²) in [5, 5.41) is 19.2. The van der Waals surface area contributed by atoms with E-state index in [1.807, 2.05) is 0 Å². The normalized spacial score (nSPS) is 13.4. The molecule has 1 aliphatic heterocycles. The molecule has 0 fully saturated rings. The van der Waals surface area contributed by atoms with Gasteiger partial charge in [0.15, 0.2) is 5.69 Å². The minimum atomic E-state index is -3.60. The van der Waals surface area contributed by atoms with Gasteiger partial charge < -0.3 is 4.90 Å². The maximum atomic E-state index is 13.3. The van der Waals surface area contributed by atoms with Gasteiger partial charge in [0, 0.05) is 37.5 Å². The molecular formula is C22H24N6O5S.